The summed E-state index contributed by atoms with van der Waals surface area (Å²) in [4.78, 5) is 12.9. The largest absolute Gasteiger partial charge is 0.390 e. The average Bonchev–Trinajstić information content (AvgIpc) is 3.23. The van der Waals surface area contributed by atoms with E-state index in [0.29, 0.717) is 12.1 Å². The van der Waals surface area contributed by atoms with E-state index in [1.54, 1.807) is 17.8 Å². The zero-order chi connectivity index (χ0) is 19.3. The number of aliphatic hydroxyl groups is 1. The van der Waals surface area contributed by atoms with Gasteiger partial charge in [0, 0.05) is 31.8 Å². The highest BCUT2D eigenvalue weighted by Gasteiger charge is 2.32. The molecule has 2 aromatic heterocycles. The van der Waals surface area contributed by atoms with Crippen molar-refractivity contribution in [1.82, 2.24) is 24.9 Å². The van der Waals surface area contributed by atoms with Gasteiger partial charge < -0.3 is 10.4 Å². The molecule has 27 heavy (non-hydrogen) atoms. The van der Waals surface area contributed by atoms with E-state index in [0.717, 1.165) is 33.8 Å². The number of benzene rings is 1. The minimum atomic E-state index is -0.623. The number of fused-ring (bicyclic) bond motifs is 1. The summed E-state index contributed by atoms with van der Waals surface area (Å²) >= 11 is 0. The summed E-state index contributed by atoms with van der Waals surface area (Å²) < 4.78 is 3.38. The Balaban J connectivity index is 1.63. The molecule has 2 atom stereocenters. The molecule has 7 nitrogen and oxygen atoms in total. The van der Waals surface area contributed by atoms with E-state index in [-0.39, 0.29) is 5.91 Å². The molecular weight excluding hydrogens is 342 g/mol. The number of amides is 1. The van der Waals surface area contributed by atoms with Gasteiger partial charge in [0.2, 0.25) is 0 Å². The van der Waals surface area contributed by atoms with Gasteiger partial charge in [0.25, 0.3) is 5.91 Å². The van der Waals surface area contributed by atoms with Crippen LogP contribution in [0.5, 0.6) is 0 Å². The third-order valence-corrected chi connectivity index (χ3v) is 5.37. The average molecular weight is 365 g/mol. The van der Waals surface area contributed by atoms with Crippen LogP contribution >= 0.6 is 0 Å². The van der Waals surface area contributed by atoms with Crippen molar-refractivity contribution in [3.05, 3.63) is 58.5 Å². The monoisotopic (exact) mass is 365 g/mol. The van der Waals surface area contributed by atoms with Crippen LogP contribution in [0.4, 0.5) is 0 Å². The zero-order valence-electron chi connectivity index (χ0n) is 15.9. The molecule has 1 aliphatic carbocycles. The zero-order valence-corrected chi connectivity index (χ0v) is 15.9. The van der Waals surface area contributed by atoms with E-state index in [1.807, 2.05) is 49.8 Å². The van der Waals surface area contributed by atoms with Gasteiger partial charge in [0.05, 0.1) is 23.5 Å². The number of hydrogen-bond donors (Lipinski definition) is 2. The van der Waals surface area contributed by atoms with E-state index < -0.39 is 12.1 Å². The first-order valence-electron chi connectivity index (χ1n) is 8.98. The standard InChI is InChI=1S/C20H23N5O2/c1-11-18(12(2)24(3)22-11)15-10-16(25(4)23-15)20(27)21-19-14-8-6-5-7-13(14)9-17(19)26/h5-8,10,17,19,26H,9H2,1-4H3,(H,21,27)/t17-,19-/m1/s1. The number of carbonyl (C=O) groups excluding carboxylic acids is 1. The predicted molar refractivity (Wildman–Crippen MR) is 101 cm³/mol. The molecule has 0 saturated carbocycles. The van der Waals surface area contributed by atoms with Crippen LogP contribution in [0.15, 0.2) is 30.3 Å². The molecule has 1 aromatic carbocycles. The topological polar surface area (TPSA) is 85.0 Å². The van der Waals surface area contributed by atoms with Gasteiger partial charge in [-0.25, -0.2) is 0 Å². The Hall–Kier alpha value is -2.93. The Morgan fingerprint density at radius 1 is 1.19 bits per heavy atom. The van der Waals surface area contributed by atoms with Crippen LogP contribution in [0.3, 0.4) is 0 Å². The number of aryl methyl sites for hydroxylation is 3. The number of nitrogens with one attached hydrogen (secondary N) is 1. The van der Waals surface area contributed by atoms with E-state index >= 15 is 0 Å². The predicted octanol–water partition coefficient (Wildman–Crippen LogP) is 1.83. The Kier molecular flexibility index (Phi) is 4.11. The first-order chi connectivity index (χ1) is 12.9. The van der Waals surface area contributed by atoms with Crippen LogP contribution in [0.25, 0.3) is 11.3 Å². The summed E-state index contributed by atoms with van der Waals surface area (Å²) in [5.74, 6) is -0.254. The number of hydrogen-bond acceptors (Lipinski definition) is 4. The van der Waals surface area contributed by atoms with Crippen molar-refractivity contribution in [3.63, 3.8) is 0 Å². The highest BCUT2D eigenvalue weighted by molar-refractivity contribution is 5.94. The SMILES string of the molecule is Cc1nn(C)c(C)c1-c1cc(C(=O)N[C@@H]2c3ccccc3C[C@H]2O)n(C)n1. The van der Waals surface area contributed by atoms with Gasteiger partial charge in [0.15, 0.2) is 0 Å². The van der Waals surface area contributed by atoms with E-state index in [9.17, 15) is 9.90 Å². The van der Waals surface area contributed by atoms with Crippen LogP contribution < -0.4 is 5.32 Å². The Labute approximate surface area is 157 Å². The number of aliphatic hydroxyl groups excluding tert-OH is 1. The normalized spacial score (nSPS) is 18.6. The van der Waals surface area contributed by atoms with Crippen LogP contribution in [-0.2, 0) is 20.5 Å². The van der Waals surface area contributed by atoms with Crippen molar-refractivity contribution in [3.8, 4) is 11.3 Å². The van der Waals surface area contributed by atoms with Crippen molar-refractivity contribution in [2.24, 2.45) is 14.1 Å². The molecule has 1 amide bonds. The smallest absolute Gasteiger partial charge is 0.270 e. The molecule has 2 N–H and O–H groups in total. The number of aromatic nitrogens is 4. The fourth-order valence-corrected chi connectivity index (χ4v) is 3.91. The Bertz CT molecular complexity index is 1030. The number of rotatable bonds is 3. The highest BCUT2D eigenvalue weighted by Crippen LogP contribution is 2.32. The van der Waals surface area contributed by atoms with Crippen molar-refractivity contribution in [1.29, 1.82) is 0 Å². The lowest BCUT2D eigenvalue weighted by atomic mass is 10.1. The van der Waals surface area contributed by atoms with Crippen LogP contribution in [0.1, 0.15) is 39.0 Å². The van der Waals surface area contributed by atoms with Gasteiger partial charge in [0.1, 0.15) is 5.69 Å². The second kappa shape index (κ2) is 6.35. The van der Waals surface area contributed by atoms with Gasteiger partial charge >= 0.3 is 0 Å². The van der Waals surface area contributed by atoms with Gasteiger partial charge in [-0.15, -0.1) is 0 Å². The molecule has 140 valence electrons. The summed E-state index contributed by atoms with van der Waals surface area (Å²) in [6.45, 7) is 3.91. The molecule has 0 bridgehead atoms. The van der Waals surface area contributed by atoms with Crippen molar-refractivity contribution < 1.29 is 9.90 Å². The fraction of sp³-hybridized carbons (Fsp3) is 0.350. The van der Waals surface area contributed by atoms with Crippen molar-refractivity contribution in [2.75, 3.05) is 0 Å². The van der Waals surface area contributed by atoms with Gasteiger partial charge in [-0.2, -0.15) is 10.2 Å². The van der Waals surface area contributed by atoms with Crippen molar-refractivity contribution >= 4 is 5.91 Å². The quantitative estimate of drug-likeness (QED) is 0.742. The Morgan fingerprint density at radius 2 is 1.93 bits per heavy atom. The summed E-state index contributed by atoms with van der Waals surface area (Å²) in [6.07, 6.45) is -0.0758. The first-order valence-corrected chi connectivity index (χ1v) is 8.98. The molecule has 4 rings (SSSR count). The summed E-state index contributed by atoms with van der Waals surface area (Å²) in [7, 11) is 3.64. The highest BCUT2D eigenvalue weighted by atomic mass is 16.3. The Morgan fingerprint density at radius 3 is 2.63 bits per heavy atom. The fourth-order valence-electron chi connectivity index (χ4n) is 3.91. The lowest BCUT2D eigenvalue weighted by Gasteiger charge is -2.17. The summed E-state index contributed by atoms with van der Waals surface area (Å²) in [6, 6.07) is 9.18. The lowest BCUT2D eigenvalue weighted by molar-refractivity contribution is 0.0849. The third kappa shape index (κ3) is 2.84. The van der Waals surface area contributed by atoms with Crippen LogP contribution in [0.2, 0.25) is 0 Å². The van der Waals surface area contributed by atoms with E-state index in [1.165, 1.54) is 0 Å². The molecule has 1 aliphatic rings. The number of nitrogens with zero attached hydrogens (tertiary/aromatic N) is 4. The van der Waals surface area contributed by atoms with Crippen LogP contribution in [0, 0.1) is 13.8 Å². The molecule has 0 saturated heterocycles. The summed E-state index contributed by atoms with van der Waals surface area (Å²) in [5, 5.41) is 22.3. The molecule has 0 spiro atoms. The second-order valence-corrected chi connectivity index (χ2v) is 7.13. The second-order valence-electron chi connectivity index (χ2n) is 7.13. The maximum Gasteiger partial charge on any atom is 0.270 e. The van der Waals surface area contributed by atoms with Gasteiger partial charge in [-0.1, -0.05) is 24.3 Å². The molecule has 3 aromatic rings. The maximum absolute atomic E-state index is 12.9. The molecular formula is C20H23N5O2. The van der Waals surface area contributed by atoms with Gasteiger partial charge in [-0.3, -0.25) is 14.2 Å². The number of carbonyl (C=O) groups is 1. The lowest BCUT2D eigenvalue weighted by Crippen LogP contribution is -2.34. The maximum atomic E-state index is 12.9. The minimum absolute atomic E-state index is 0.254. The molecule has 7 heteroatoms. The minimum Gasteiger partial charge on any atom is -0.390 e. The van der Waals surface area contributed by atoms with Crippen molar-refractivity contribution in [2.45, 2.75) is 32.4 Å². The third-order valence-electron chi connectivity index (χ3n) is 5.37. The molecule has 0 unspecified atom stereocenters. The van der Waals surface area contributed by atoms with E-state index in [4.69, 9.17) is 0 Å². The van der Waals surface area contributed by atoms with E-state index in [2.05, 4.69) is 15.5 Å². The first kappa shape index (κ1) is 17.5. The van der Waals surface area contributed by atoms with Crippen LogP contribution in [-0.4, -0.2) is 36.7 Å². The molecule has 2 heterocycles. The summed E-state index contributed by atoms with van der Waals surface area (Å²) in [5.41, 5.74) is 6.03. The molecule has 0 radical (unpaired) electrons. The molecule has 0 fully saturated rings. The van der Waals surface area contributed by atoms with Gasteiger partial charge in [-0.05, 0) is 31.0 Å². The molecule has 0 aliphatic heterocycles.